The molecule has 0 spiro atoms. The van der Waals surface area contributed by atoms with Crippen molar-refractivity contribution >= 4 is 28.2 Å². The number of carbonyl (C=O) groups is 1. The Kier molecular flexibility index (Phi) is 8.98. The van der Waals surface area contributed by atoms with Crippen molar-refractivity contribution in [2.45, 2.75) is 57.6 Å². The molecule has 0 saturated heterocycles. The number of aliphatic imine (C=N–C) groups is 1. The summed E-state index contributed by atoms with van der Waals surface area (Å²) in [6.45, 7) is 11.9. The van der Waals surface area contributed by atoms with Gasteiger partial charge in [0, 0.05) is 19.2 Å². The highest BCUT2D eigenvalue weighted by molar-refractivity contribution is 7.90. The number of carbonyl (C=O) groups excluding carboxylic acids is 1. The van der Waals surface area contributed by atoms with Crippen LogP contribution in [0.25, 0.3) is 5.57 Å². The van der Waals surface area contributed by atoms with Crippen LogP contribution in [0.3, 0.4) is 0 Å². The first kappa shape index (κ1) is 28.9. The number of aromatic nitrogens is 2. The zero-order valence-electron chi connectivity index (χ0n) is 21.6. The van der Waals surface area contributed by atoms with E-state index in [1.54, 1.807) is 19.1 Å². The number of hydrogen-bond acceptors (Lipinski definition) is 7. The maximum Gasteiger partial charge on any atom is 0.283 e. The lowest BCUT2D eigenvalue weighted by atomic mass is 9.87. The molecule has 0 aliphatic rings. The van der Waals surface area contributed by atoms with Crippen molar-refractivity contribution in [2.75, 3.05) is 7.11 Å². The minimum atomic E-state index is -4.33. The molecule has 36 heavy (non-hydrogen) atoms. The Morgan fingerprint density at radius 2 is 2.00 bits per heavy atom. The quantitative estimate of drug-likeness (QED) is 0.281. The number of amides is 1. The number of ether oxygens (including phenoxy) is 1. The summed E-state index contributed by atoms with van der Waals surface area (Å²) in [6, 6.07) is 3.81. The van der Waals surface area contributed by atoms with Gasteiger partial charge in [-0.15, -0.1) is 0 Å². The van der Waals surface area contributed by atoms with Crippen LogP contribution < -0.4 is 4.72 Å². The minimum absolute atomic E-state index is 0.162. The van der Waals surface area contributed by atoms with Crippen LogP contribution in [-0.2, 0) is 38.6 Å². The van der Waals surface area contributed by atoms with Crippen LogP contribution >= 0.6 is 0 Å². The largest absolute Gasteiger partial charge is 0.481 e. The molecule has 1 aromatic carbocycles. The molecule has 1 amide bonds. The standard InChI is InChI=1S/C25H33FN4O5S/c1-9-16(10-23(27-6)35-8)19-12-17(26)11-18(15(2)3)20(19)13-22(31)29-36(33,34)24-14-21(25(4,5)32)30(7)28-24/h9-12,14-15,32H,6,13H2,1-5,7-8H3,(H,29,31)/b16-9+,23-10+. The second-order valence-corrected chi connectivity index (χ2v) is 10.6. The van der Waals surface area contributed by atoms with Crippen LogP contribution in [0.4, 0.5) is 4.39 Å². The summed E-state index contributed by atoms with van der Waals surface area (Å²) >= 11 is 0. The number of halogens is 1. The van der Waals surface area contributed by atoms with E-state index in [4.69, 9.17) is 4.74 Å². The SMILES string of the molecule is C=N/C(=C\C(=C/C)c1cc(F)cc(C(C)C)c1CC(=O)NS(=O)(=O)c1cc(C(C)(C)O)n(C)n1)OC. The van der Waals surface area contributed by atoms with E-state index in [1.165, 1.54) is 50.9 Å². The lowest BCUT2D eigenvalue weighted by Gasteiger charge is -2.19. The average Bonchev–Trinajstić information content (AvgIpc) is 3.18. The Labute approximate surface area is 211 Å². The van der Waals surface area contributed by atoms with Crippen LogP contribution in [0.2, 0.25) is 0 Å². The predicted octanol–water partition coefficient (Wildman–Crippen LogP) is 3.55. The summed E-state index contributed by atoms with van der Waals surface area (Å²) in [7, 11) is -1.43. The molecule has 196 valence electrons. The Morgan fingerprint density at radius 1 is 1.36 bits per heavy atom. The van der Waals surface area contributed by atoms with Gasteiger partial charge in [0.25, 0.3) is 10.0 Å². The lowest BCUT2D eigenvalue weighted by molar-refractivity contribution is -0.118. The summed E-state index contributed by atoms with van der Waals surface area (Å²) in [6.07, 6.45) is 2.91. The van der Waals surface area contributed by atoms with Crippen molar-refractivity contribution in [1.82, 2.24) is 14.5 Å². The summed E-state index contributed by atoms with van der Waals surface area (Å²) < 4.78 is 48.8. The van der Waals surface area contributed by atoms with E-state index in [1.807, 2.05) is 18.6 Å². The van der Waals surface area contributed by atoms with Gasteiger partial charge in [-0.05, 0) is 67.8 Å². The van der Waals surface area contributed by atoms with Gasteiger partial charge >= 0.3 is 0 Å². The maximum atomic E-state index is 14.6. The lowest BCUT2D eigenvalue weighted by Crippen LogP contribution is -2.32. The van der Waals surface area contributed by atoms with E-state index in [9.17, 15) is 22.7 Å². The molecule has 0 saturated carbocycles. The first-order valence-corrected chi connectivity index (χ1v) is 12.7. The van der Waals surface area contributed by atoms with E-state index >= 15 is 0 Å². The van der Waals surface area contributed by atoms with Crippen molar-refractivity contribution in [2.24, 2.45) is 12.0 Å². The Balaban J connectivity index is 2.52. The van der Waals surface area contributed by atoms with Gasteiger partial charge in [-0.2, -0.15) is 13.5 Å². The number of aryl methyl sites for hydroxylation is 1. The van der Waals surface area contributed by atoms with E-state index in [0.29, 0.717) is 22.3 Å². The monoisotopic (exact) mass is 520 g/mol. The number of sulfonamides is 1. The Bertz CT molecular complexity index is 1320. The molecule has 0 unspecified atom stereocenters. The third-order valence-electron chi connectivity index (χ3n) is 5.48. The molecular formula is C25H33FN4O5S. The van der Waals surface area contributed by atoms with Crippen molar-refractivity contribution in [1.29, 1.82) is 0 Å². The van der Waals surface area contributed by atoms with Gasteiger partial charge < -0.3 is 9.84 Å². The number of rotatable bonds is 10. The molecule has 1 aromatic heterocycles. The van der Waals surface area contributed by atoms with Crippen LogP contribution in [0, 0.1) is 5.82 Å². The average molecular weight is 521 g/mol. The predicted molar refractivity (Wildman–Crippen MR) is 136 cm³/mol. The maximum absolute atomic E-state index is 14.6. The summed E-state index contributed by atoms with van der Waals surface area (Å²) in [4.78, 5) is 16.8. The first-order chi connectivity index (χ1) is 16.6. The van der Waals surface area contributed by atoms with Crippen molar-refractivity contribution in [3.8, 4) is 0 Å². The van der Waals surface area contributed by atoms with E-state index in [2.05, 4.69) is 16.8 Å². The van der Waals surface area contributed by atoms with Crippen LogP contribution in [-0.4, -0.2) is 43.0 Å². The van der Waals surface area contributed by atoms with Gasteiger partial charge in [-0.1, -0.05) is 19.9 Å². The highest BCUT2D eigenvalue weighted by atomic mass is 32.2. The summed E-state index contributed by atoms with van der Waals surface area (Å²) in [5.74, 6) is -1.30. The van der Waals surface area contributed by atoms with Crippen LogP contribution in [0.1, 0.15) is 62.9 Å². The molecule has 0 radical (unpaired) electrons. The van der Waals surface area contributed by atoms with Gasteiger partial charge in [0.15, 0.2) is 5.03 Å². The second-order valence-electron chi connectivity index (χ2n) is 9.02. The fourth-order valence-electron chi connectivity index (χ4n) is 3.79. The van der Waals surface area contributed by atoms with Crippen LogP contribution in [0.5, 0.6) is 0 Å². The molecule has 11 heteroatoms. The molecule has 0 aliphatic carbocycles. The second kappa shape index (κ2) is 11.2. The molecule has 0 fully saturated rings. The molecular weight excluding hydrogens is 487 g/mol. The van der Waals surface area contributed by atoms with Gasteiger partial charge in [0.2, 0.25) is 11.8 Å². The van der Waals surface area contributed by atoms with Crippen molar-refractivity contribution in [3.05, 3.63) is 64.4 Å². The summed E-state index contributed by atoms with van der Waals surface area (Å²) in [5, 5.41) is 13.8. The number of nitrogens with one attached hydrogen (secondary N) is 1. The fourth-order valence-corrected chi connectivity index (χ4v) is 4.76. The fraction of sp³-hybridized carbons (Fsp3) is 0.400. The number of benzene rings is 1. The van der Waals surface area contributed by atoms with Gasteiger partial charge in [-0.25, -0.2) is 14.1 Å². The molecule has 0 aliphatic heterocycles. The number of methoxy groups -OCH3 is 1. The zero-order chi connectivity index (χ0) is 27.4. The number of aliphatic hydroxyl groups is 1. The van der Waals surface area contributed by atoms with Crippen molar-refractivity contribution < 1.29 is 27.4 Å². The highest BCUT2D eigenvalue weighted by Crippen LogP contribution is 2.31. The normalized spacial score (nSPS) is 13.2. The van der Waals surface area contributed by atoms with Gasteiger partial charge in [-0.3, -0.25) is 9.48 Å². The molecule has 1 heterocycles. The third kappa shape index (κ3) is 6.67. The van der Waals surface area contributed by atoms with Crippen LogP contribution in [0.15, 0.2) is 46.3 Å². The first-order valence-electron chi connectivity index (χ1n) is 11.2. The minimum Gasteiger partial charge on any atom is -0.481 e. The zero-order valence-corrected chi connectivity index (χ0v) is 22.4. The molecule has 2 rings (SSSR count). The molecule has 0 atom stereocenters. The molecule has 2 aromatic rings. The topological polar surface area (TPSA) is 123 Å². The molecule has 2 N–H and O–H groups in total. The van der Waals surface area contributed by atoms with E-state index in [0.717, 1.165) is 0 Å². The van der Waals surface area contributed by atoms with E-state index < -0.39 is 32.4 Å². The van der Waals surface area contributed by atoms with Crippen molar-refractivity contribution in [3.63, 3.8) is 0 Å². The number of hydrogen-bond donors (Lipinski definition) is 2. The molecule has 0 bridgehead atoms. The van der Waals surface area contributed by atoms with Gasteiger partial charge in [0.1, 0.15) is 11.4 Å². The smallest absolute Gasteiger partial charge is 0.283 e. The van der Waals surface area contributed by atoms with E-state index in [-0.39, 0.29) is 23.9 Å². The van der Waals surface area contributed by atoms with Gasteiger partial charge in [0.05, 0.1) is 19.2 Å². The number of allylic oxidation sites excluding steroid dienone is 3. The Hall–Kier alpha value is -3.31. The summed E-state index contributed by atoms with van der Waals surface area (Å²) in [5.41, 5.74) is 0.846. The highest BCUT2D eigenvalue weighted by Gasteiger charge is 2.28. The number of nitrogens with zero attached hydrogens (tertiary/aromatic N) is 3. The Morgan fingerprint density at radius 3 is 2.47 bits per heavy atom. The third-order valence-corrected chi connectivity index (χ3v) is 6.73. The molecule has 9 nitrogen and oxygen atoms in total.